The first-order valence-electron chi connectivity index (χ1n) is 10.6. The second-order valence-corrected chi connectivity index (χ2v) is 7.87. The van der Waals surface area contributed by atoms with Crippen LogP contribution in [0.2, 0.25) is 5.02 Å². The van der Waals surface area contributed by atoms with Gasteiger partial charge in [-0.15, -0.1) is 0 Å². The molecule has 0 radical (unpaired) electrons. The van der Waals surface area contributed by atoms with Crippen LogP contribution in [0.25, 0.3) is 10.9 Å². The molecule has 0 aliphatic rings. The molecule has 0 aliphatic carbocycles. The minimum Gasteiger partial charge on any atom is -0.505 e. The number of hydrogen-bond acceptors (Lipinski definition) is 5. The number of amides is 1. The Morgan fingerprint density at radius 2 is 1.79 bits per heavy atom. The van der Waals surface area contributed by atoms with Crippen LogP contribution >= 0.6 is 11.6 Å². The number of carbonyl (C=O) groups excluding carboxylic acids is 1. The van der Waals surface area contributed by atoms with E-state index in [2.05, 4.69) is 16.9 Å². The van der Waals surface area contributed by atoms with Gasteiger partial charge < -0.3 is 19.9 Å². The second kappa shape index (κ2) is 10.7. The Hall–Kier alpha value is -4.03. The summed E-state index contributed by atoms with van der Waals surface area (Å²) in [5.74, 6) is 0.820. The van der Waals surface area contributed by atoms with Crippen LogP contribution in [0.1, 0.15) is 17.2 Å². The quantitative estimate of drug-likeness (QED) is 0.315. The molecule has 4 aromatic rings. The van der Waals surface area contributed by atoms with Crippen molar-refractivity contribution in [3.05, 3.63) is 108 Å². The fourth-order valence-corrected chi connectivity index (χ4v) is 3.82. The van der Waals surface area contributed by atoms with Gasteiger partial charge in [-0.2, -0.15) is 0 Å². The summed E-state index contributed by atoms with van der Waals surface area (Å²) < 4.78 is 11.1. The zero-order valence-electron chi connectivity index (χ0n) is 18.3. The molecule has 1 amide bonds. The van der Waals surface area contributed by atoms with E-state index in [4.69, 9.17) is 21.1 Å². The third-order valence-corrected chi connectivity index (χ3v) is 5.47. The first-order chi connectivity index (χ1) is 16.6. The summed E-state index contributed by atoms with van der Waals surface area (Å²) >= 11 is 6.51. The summed E-state index contributed by atoms with van der Waals surface area (Å²) in [7, 11) is 0. The highest BCUT2D eigenvalue weighted by atomic mass is 35.5. The van der Waals surface area contributed by atoms with Crippen LogP contribution in [-0.2, 0) is 4.79 Å². The third kappa shape index (κ3) is 5.30. The van der Waals surface area contributed by atoms with Gasteiger partial charge in [0.25, 0.3) is 5.91 Å². The standard InChI is InChI=1S/C27H23ClN2O4/c1-2-15-33-20-12-10-18(11-13-20)25(30-24(31)17-34-19-7-4-3-5-8-19)22-16-23(28)21-9-6-14-29-26(21)27(22)32/h2-14,16,25,32H,1,15,17H2,(H,30,31). The van der Waals surface area contributed by atoms with Gasteiger partial charge in [0.2, 0.25) is 0 Å². The Balaban J connectivity index is 1.67. The van der Waals surface area contributed by atoms with E-state index in [1.165, 1.54) is 0 Å². The number of phenols is 1. The van der Waals surface area contributed by atoms with E-state index in [9.17, 15) is 9.90 Å². The predicted octanol–water partition coefficient (Wildman–Crippen LogP) is 5.44. The van der Waals surface area contributed by atoms with Crippen LogP contribution < -0.4 is 14.8 Å². The molecule has 7 heteroatoms. The van der Waals surface area contributed by atoms with Crippen LogP contribution in [0.15, 0.2) is 91.6 Å². The summed E-state index contributed by atoms with van der Waals surface area (Å²) in [6, 6.07) is 20.7. The molecule has 3 aromatic carbocycles. The largest absolute Gasteiger partial charge is 0.505 e. The Morgan fingerprint density at radius 1 is 1.06 bits per heavy atom. The summed E-state index contributed by atoms with van der Waals surface area (Å²) in [5, 5.41) is 15.0. The maximum atomic E-state index is 12.8. The molecule has 1 atom stereocenters. The number of phenolic OH excluding ortho intramolecular Hbond substituents is 1. The number of nitrogens with zero attached hydrogens (tertiary/aromatic N) is 1. The first kappa shape index (κ1) is 23.1. The van der Waals surface area contributed by atoms with E-state index >= 15 is 0 Å². The number of fused-ring (bicyclic) bond motifs is 1. The lowest BCUT2D eigenvalue weighted by molar-refractivity contribution is -0.123. The van der Waals surface area contributed by atoms with Crippen LogP contribution in [0, 0.1) is 0 Å². The lowest BCUT2D eigenvalue weighted by Crippen LogP contribution is -2.33. The highest BCUT2D eigenvalue weighted by molar-refractivity contribution is 6.35. The van der Waals surface area contributed by atoms with E-state index in [1.54, 1.807) is 54.7 Å². The molecule has 34 heavy (non-hydrogen) atoms. The number of nitrogens with one attached hydrogen (secondary N) is 1. The zero-order chi connectivity index (χ0) is 23.9. The number of pyridine rings is 1. The third-order valence-electron chi connectivity index (χ3n) is 5.16. The number of para-hydroxylation sites is 1. The Kier molecular flexibility index (Phi) is 7.30. The van der Waals surface area contributed by atoms with Crippen LogP contribution in [-0.4, -0.2) is 29.2 Å². The number of aromatic nitrogens is 1. The van der Waals surface area contributed by atoms with Gasteiger partial charge in [0.05, 0.1) is 11.1 Å². The molecule has 0 saturated carbocycles. The summed E-state index contributed by atoms with van der Waals surface area (Å²) in [6.45, 7) is 3.83. The van der Waals surface area contributed by atoms with Gasteiger partial charge in [0, 0.05) is 17.1 Å². The van der Waals surface area contributed by atoms with E-state index in [0.717, 1.165) is 5.56 Å². The maximum Gasteiger partial charge on any atom is 0.258 e. The molecule has 0 saturated heterocycles. The molecule has 6 nitrogen and oxygen atoms in total. The van der Waals surface area contributed by atoms with Gasteiger partial charge in [-0.3, -0.25) is 9.78 Å². The SMILES string of the molecule is C=CCOc1ccc(C(NC(=O)COc2ccccc2)c2cc(Cl)c3cccnc3c2O)cc1. The average molecular weight is 475 g/mol. The summed E-state index contributed by atoms with van der Waals surface area (Å²) in [4.78, 5) is 17.1. The molecule has 4 rings (SSSR count). The van der Waals surface area contributed by atoms with E-state index in [-0.39, 0.29) is 18.3 Å². The van der Waals surface area contributed by atoms with Gasteiger partial charge in [-0.05, 0) is 48.0 Å². The van der Waals surface area contributed by atoms with Gasteiger partial charge in [0.1, 0.15) is 29.4 Å². The molecular weight excluding hydrogens is 452 g/mol. The second-order valence-electron chi connectivity index (χ2n) is 7.47. The topological polar surface area (TPSA) is 80.7 Å². The number of ether oxygens (including phenoxy) is 2. The minimum atomic E-state index is -0.704. The molecule has 0 spiro atoms. The minimum absolute atomic E-state index is 0.0544. The molecule has 0 bridgehead atoms. The fourth-order valence-electron chi connectivity index (χ4n) is 3.55. The van der Waals surface area contributed by atoms with Crippen molar-refractivity contribution in [1.29, 1.82) is 0 Å². The zero-order valence-corrected chi connectivity index (χ0v) is 19.0. The van der Waals surface area contributed by atoms with Crippen LogP contribution in [0.4, 0.5) is 0 Å². The number of benzene rings is 3. The molecule has 1 unspecified atom stereocenters. The maximum absolute atomic E-state index is 12.8. The van der Waals surface area contributed by atoms with Crippen molar-refractivity contribution in [3.63, 3.8) is 0 Å². The van der Waals surface area contributed by atoms with Gasteiger partial charge in [-0.25, -0.2) is 0 Å². The predicted molar refractivity (Wildman–Crippen MR) is 132 cm³/mol. The van der Waals surface area contributed by atoms with Crippen molar-refractivity contribution in [2.24, 2.45) is 0 Å². The molecule has 1 aromatic heterocycles. The number of rotatable bonds is 9. The molecule has 0 aliphatic heterocycles. The van der Waals surface area contributed by atoms with Crippen molar-refractivity contribution in [2.75, 3.05) is 13.2 Å². The van der Waals surface area contributed by atoms with Gasteiger partial charge in [-0.1, -0.05) is 54.6 Å². The highest BCUT2D eigenvalue weighted by Gasteiger charge is 2.23. The summed E-state index contributed by atoms with van der Waals surface area (Å²) in [5.41, 5.74) is 1.50. The van der Waals surface area contributed by atoms with E-state index in [1.807, 2.05) is 30.3 Å². The number of halogens is 1. The molecule has 0 fully saturated rings. The molecule has 2 N–H and O–H groups in total. The monoisotopic (exact) mass is 474 g/mol. The van der Waals surface area contributed by atoms with Crippen molar-refractivity contribution in [2.45, 2.75) is 6.04 Å². The number of carbonyl (C=O) groups is 1. The van der Waals surface area contributed by atoms with Crippen molar-refractivity contribution in [3.8, 4) is 17.2 Å². The molecular formula is C27H23ClN2O4. The number of hydrogen-bond donors (Lipinski definition) is 2. The van der Waals surface area contributed by atoms with Crippen LogP contribution in [0.5, 0.6) is 17.2 Å². The fraction of sp³-hybridized carbons (Fsp3) is 0.111. The number of aromatic hydroxyl groups is 1. The Labute approximate surface area is 202 Å². The lowest BCUT2D eigenvalue weighted by atomic mass is 9.96. The molecule has 1 heterocycles. The van der Waals surface area contributed by atoms with Gasteiger partial charge >= 0.3 is 0 Å². The normalized spacial score (nSPS) is 11.6. The van der Waals surface area contributed by atoms with E-state index in [0.29, 0.717) is 39.6 Å². The smallest absolute Gasteiger partial charge is 0.258 e. The molecule has 172 valence electrons. The van der Waals surface area contributed by atoms with Crippen molar-refractivity contribution in [1.82, 2.24) is 10.3 Å². The highest BCUT2D eigenvalue weighted by Crippen LogP contribution is 2.38. The summed E-state index contributed by atoms with van der Waals surface area (Å²) in [6.07, 6.45) is 3.24. The van der Waals surface area contributed by atoms with Crippen LogP contribution in [0.3, 0.4) is 0 Å². The Morgan fingerprint density at radius 3 is 2.53 bits per heavy atom. The van der Waals surface area contributed by atoms with E-state index < -0.39 is 6.04 Å². The van der Waals surface area contributed by atoms with Crippen molar-refractivity contribution < 1.29 is 19.4 Å². The Bertz CT molecular complexity index is 1290. The lowest BCUT2D eigenvalue weighted by Gasteiger charge is -2.22. The first-order valence-corrected chi connectivity index (χ1v) is 11.0. The van der Waals surface area contributed by atoms with Crippen molar-refractivity contribution >= 4 is 28.4 Å². The van der Waals surface area contributed by atoms with Gasteiger partial charge in [0.15, 0.2) is 6.61 Å². The average Bonchev–Trinajstić information content (AvgIpc) is 2.88.